The van der Waals surface area contributed by atoms with E-state index >= 15 is 0 Å². The van der Waals surface area contributed by atoms with Crippen molar-refractivity contribution in [3.05, 3.63) is 56.2 Å². The van der Waals surface area contributed by atoms with E-state index in [4.69, 9.17) is 17.3 Å². The number of amides is 1. The molecule has 1 aromatic carbocycles. The lowest BCUT2D eigenvalue weighted by atomic mass is 9.76. The maximum Gasteiger partial charge on any atom is 0.256 e. The summed E-state index contributed by atoms with van der Waals surface area (Å²) in [6.45, 7) is 0.962. The first-order chi connectivity index (χ1) is 12.4. The number of anilines is 1. The monoisotopic (exact) mass is 376 g/mol. The van der Waals surface area contributed by atoms with Crippen molar-refractivity contribution < 1.29 is 9.18 Å². The van der Waals surface area contributed by atoms with Crippen LogP contribution in [0.5, 0.6) is 0 Å². The van der Waals surface area contributed by atoms with E-state index in [1.54, 1.807) is 4.90 Å². The first-order valence-electron chi connectivity index (χ1n) is 8.53. The van der Waals surface area contributed by atoms with Gasteiger partial charge in [0.2, 0.25) is 5.95 Å². The highest BCUT2D eigenvalue weighted by molar-refractivity contribution is 6.30. The third-order valence-electron chi connectivity index (χ3n) is 5.56. The number of H-pyrrole nitrogens is 1. The van der Waals surface area contributed by atoms with Gasteiger partial charge in [0.25, 0.3) is 11.5 Å². The summed E-state index contributed by atoms with van der Waals surface area (Å²) < 4.78 is 14.0. The third-order valence-corrected chi connectivity index (χ3v) is 5.79. The minimum Gasteiger partial charge on any atom is -0.369 e. The van der Waals surface area contributed by atoms with Crippen molar-refractivity contribution in [1.29, 1.82) is 0 Å². The Labute approximate surface area is 154 Å². The Hall–Kier alpha value is -2.41. The number of rotatable bonds is 1. The van der Waals surface area contributed by atoms with Gasteiger partial charge in [0.05, 0.1) is 11.3 Å². The Morgan fingerprint density at radius 3 is 2.73 bits per heavy atom. The molecular formula is C18H18ClFN4O2. The standard InChI is InChI=1S/C18H18ClFN4O2/c19-10-1-2-11(13(20)9-10)16(26)24-7-5-18(6-8-24)4-3-12-14(18)22-17(21)23-15(12)25/h1-2,9H,3-8H2,(H3,21,22,23,25). The molecule has 0 atom stereocenters. The number of halogens is 2. The van der Waals surface area contributed by atoms with Crippen molar-refractivity contribution in [3.8, 4) is 0 Å². The van der Waals surface area contributed by atoms with Crippen molar-refractivity contribution in [2.45, 2.75) is 31.1 Å². The van der Waals surface area contributed by atoms with Gasteiger partial charge in [-0.15, -0.1) is 0 Å². The molecule has 136 valence electrons. The molecule has 1 saturated heterocycles. The number of nitrogens with one attached hydrogen (secondary N) is 1. The largest absolute Gasteiger partial charge is 0.369 e. The van der Waals surface area contributed by atoms with E-state index in [0.29, 0.717) is 37.9 Å². The van der Waals surface area contributed by atoms with E-state index in [1.165, 1.54) is 12.1 Å². The molecule has 0 bridgehead atoms. The SMILES string of the molecule is Nc1nc2c(c(=O)[nH]1)CCC21CCN(C(=O)c2ccc(Cl)cc2F)CC1. The molecule has 0 saturated carbocycles. The molecule has 26 heavy (non-hydrogen) atoms. The molecule has 1 fully saturated rings. The van der Waals surface area contributed by atoms with Crippen molar-refractivity contribution >= 4 is 23.5 Å². The average molecular weight is 377 g/mol. The second-order valence-corrected chi connectivity index (χ2v) is 7.41. The summed E-state index contributed by atoms with van der Waals surface area (Å²) in [6.07, 6.45) is 2.84. The van der Waals surface area contributed by atoms with Crippen LogP contribution in [0, 0.1) is 5.82 Å². The van der Waals surface area contributed by atoms with E-state index in [9.17, 15) is 14.0 Å². The molecule has 2 heterocycles. The lowest BCUT2D eigenvalue weighted by Gasteiger charge is -2.39. The number of aromatic nitrogens is 2. The molecule has 1 aliphatic carbocycles. The Bertz CT molecular complexity index is 951. The molecule has 1 spiro atoms. The molecular weight excluding hydrogens is 359 g/mol. The quantitative estimate of drug-likeness (QED) is 0.798. The number of aromatic amines is 1. The molecule has 3 N–H and O–H groups in total. The Balaban J connectivity index is 1.56. The molecule has 6 nitrogen and oxygen atoms in total. The highest BCUT2D eigenvalue weighted by Gasteiger charge is 2.44. The number of nitrogen functional groups attached to an aromatic ring is 1. The predicted molar refractivity (Wildman–Crippen MR) is 95.8 cm³/mol. The fraction of sp³-hybridized carbons (Fsp3) is 0.389. The zero-order valence-electron chi connectivity index (χ0n) is 14.0. The molecule has 8 heteroatoms. The van der Waals surface area contributed by atoms with Crippen LogP contribution in [0.3, 0.4) is 0 Å². The first-order valence-corrected chi connectivity index (χ1v) is 8.91. The first kappa shape index (κ1) is 17.0. The average Bonchev–Trinajstić information content (AvgIpc) is 2.94. The summed E-state index contributed by atoms with van der Waals surface area (Å²) in [7, 11) is 0. The topological polar surface area (TPSA) is 92.1 Å². The van der Waals surface area contributed by atoms with E-state index in [-0.39, 0.29) is 33.4 Å². The number of hydrogen-bond acceptors (Lipinski definition) is 4. The summed E-state index contributed by atoms with van der Waals surface area (Å²) in [6, 6.07) is 4.07. The number of piperidine rings is 1. The predicted octanol–water partition coefficient (Wildman–Crippen LogP) is 2.26. The van der Waals surface area contributed by atoms with Crippen molar-refractivity contribution in [1.82, 2.24) is 14.9 Å². The second-order valence-electron chi connectivity index (χ2n) is 6.98. The van der Waals surface area contributed by atoms with E-state index < -0.39 is 5.82 Å². The Morgan fingerprint density at radius 1 is 1.31 bits per heavy atom. The molecule has 2 aliphatic rings. The van der Waals surface area contributed by atoms with Gasteiger partial charge in [0.1, 0.15) is 5.82 Å². The van der Waals surface area contributed by atoms with E-state index in [0.717, 1.165) is 18.2 Å². The van der Waals surface area contributed by atoms with Crippen LogP contribution >= 0.6 is 11.6 Å². The van der Waals surface area contributed by atoms with Crippen LogP contribution in [0.4, 0.5) is 10.3 Å². The number of likely N-dealkylation sites (tertiary alicyclic amines) is 1. The minimum atomic E-state index is -0.616. The summed E-state index contributed by atoms with van der Waals surface area (Å²) in [5, 5.41) is 0.257. The van der Waals surface area contributed by atoms with Crippen LogP contribution in [0.1, 0.15) is 40.9 Å². The molecule has 2 aromatic rings. The number of benzene rings is 1. The maximum absolute atomic E-state index is 14.0. The van der Waals surface area contributed by atoms with Crippen LogP contribution in [0.25, 0.3) is 0 Å². The van der Waals surface area contributed by atoms with Crippen molar-refractivity contribution in [2.75, 3.05) is 18.8 Å². The second kappa shape index (κ2) is 6.09. The van der Waals surface area contributed by atoms with Gasteiger partial charge in [0.15, 0.2) is 0 Å². The van der Waals surface area contributed by atoms with Gasteiger partial charge in [-0.2, -0.15) is 0 Å². The summed E-state index contributed by atoms with van der Waals surface area (Å²) in [5.74, 6) is -0.836. The summed E-state index contributed by atoms with van der Waals surface area (Å²) in [4.78, 5) is 33.3. The number of nitrogens with two attached hydrogens (primary N) is 1. The smallest absolute Gasteiger partial charge is 0.256 e. The van der Waals surface area contributed by atoms with Crippen LogP contribution in [-0.4, -0.2) is 33.9 Å². The number of carbonyl (C=O) groups excluding carboxylic acids is 1. The zero-order valence-corrected chi connectivity index (χ0v) is 14.8. The van der Waals surface area contributed by atoms with Gasteiger partial charge in [-0.25, -0.2) is 9.37 Å². The lowest BCUT2D eigenvalue weighted by Crippen LogP contribution is -2.45. The Kier molecular flexibility index (Phi) is 3.99. The molecule has 1 amide bonds. The third kappa shape index (κ3) is 2.67. The zero-order chi connectivity index (χ0) is 18.5. The maximum atomic E-state index is 14.0. The highest BCUT2D eigenvalue weighted by atomic mass is 35.5. The number of hydrogen-bond donors (Lipinski definition) is 2. The van der Waals surface area contributed by atoms with Gasteiger partial charge in [-0.3, -0.25) is 14.6 Å². The number of carbonyl (C=O) groups is 1. The van der Waals surface area contributed by atoms with Crippen LogP contribution < -0.4 is 11.3 Å². The number of fused-ring (bicyclic) bond motifs is 2. The lowest BCUT2D eigenvalue weighted by molar-refractivity contribution is 0.0659. The van der Waals surface area contributed by atoms with E-state index in [1.807, 2.05) is 0 Å². The van der Waals surface area contributed by atoms with Crippen molar-refractivity contribution in [3.63, 3.8) is 0 Å². The van der Waals surface area contributed by atoms with Gasteiger partial charge < -0.3 is 10.6 Å². The van der Waals surface area contributed by atoms with Crippen LogP contribution in [0.2, 0.25) is 5.02 Å². The summed E-state index contributed by atoms with van der Waals surface area (Å²) in [5.41, 5.74) is 6.80. The van der Waals surface area contributed by atoms with E-state index in [2.05, 4.69) is 9.97 Å². The summed E-state index contributed by atoms with van der Waals surface area (Å²) >= 11 is 5.75. The highest BCUT2D eigenvalue weighted by Crippen LogP contribution is 2.44. The molecule has 1 aliphatic heterocycles. The minimum absolute atomic E-state index is 0.0241. The van der Waals surface area contributed by atoms with Gasteiger partial charge in [0, 0.05) is 29.1 Å². The fourth-order valence-electron chi connectivity index (χ4n) is 4.13. The van der Waals surface area contributed by atoms with Crippen molar-refractivity contribution in [2.24, 2.45) is 0 Å². The fourth-order valence-corrected chi connectivity index (χ4v) is 4.29. The normalized spacial score (nSPS) is 18.2. The van der Waals surface area contributed by atoms with Gasteiger partial charge in [-0.1, -0.05) is 11.6 Å². The van der Waals surface area contributed by atoms with Gasteiger partial charge in [-0.05, 0) is 43.9 Å². The number of nitrogens with zero attached hydrogens (tertiary/aromatic N) is 2. The van der Waals surface area contributed by atoms with Crippen LogP contribution in [0.15, 0.2) is 23.0 Å². The van der Waals surface area contributed by atoms with Gasteiger partial charge >= 0.3 is 0 Å². The molecule has 0 radical (unpaired) electrons. The molecule has 0 unspecified atom stereocenters. The molecule has 1 aromatic heterocycles. The van der Waals surface area contributed by atoms with Crippen LogP contribution in [-0.2, 0) is 11.8 Å². The molecule has 4 rings (SSSR count). The Morgan fingerprint density at radius 2 is 2.04 bits per heavy atom.